The zero-order chi connectivity index (χ0) is 19.3. The third-order valence-corrected chi connectivity index (χ3v) is 3.19. The molecule has 2 aromatic rings. The molecule has 6 nitrogen and oxygen atoms in total. The summed E-state index contributed by atoms with van der Waals surface area (Å²) in [6.07, 6.45) is 5.13. The first-order valence-corrected chi connectivity index (χ1v) is 7.82. The van der Waals surface area contributed by atoms with Crippen LogP contribution in [0.2, 0.25) is 1.41 Å². The number of aromatic nitrogens is 1. The average molecular weight is 340 g/mol. The minimum absolute atomic E-state index is 0.00158. The first kappa shape index (κ1) is 16.8. The lowest BCUT2D eigenvalue weighted by atomic mass is 10.1. The summed E-state index contributed by atoms with van der Waals surface area (Å²) in [7, 11) is 0. The number of terminal acetylenes is 1. The van der Waals surface area contributed by atoms with Gasteiger partial charge in [0.05, 0.1) is 0 Å². The molecule has 0 saturated heterocycles. The molecule has 0 aliphatic rings. The molecule has 1 atom stereocenters. The van der Waals surface area contributed by atoms with Crippen molar-refractivity contribution in [3.63, 3.8) is 0 Å². The number of nitrogens with one attached hydrogen (secondary N) is 2. The third-order valence-electron chi connectivity index (χ3n) is 3.19. The highest BCUT2D eigenvalue weighted by molar-refractivity contribution is 5.88. The van der Waals surface area contributed by atoms with Gasteiger partial charge in [-0.05, 0) is 38.1 Å². The minimum Gasteiger partial charge on any atom is -0.444 e. The molecule has 1 aromatic carbocycles. The Morgan fingerprint density at radius 2 is 2.20 bits per heavy atom. The van der Waals surface area contributed by atoms with E-state index in [1.807, 2.05) is 24.3 Å². The predicted octanol–water partition coefficient (Wildman–Crippen LogP) is 2.72. The predicted molar refractivity (Wildman–Crippen MR) is 97.4 cm³/mol. The summed E-state index contributed by atoms with van der Waals surface area (Å²) in [6.45, 7) is 5.06. The monoisotopic (exact) mass is 340 g/mol. The Morgan fingerprint density at radius 1 is 1.48 bits per heavy atom. The topological polar surface area (TPSA) is 80.3 Å². The zero-order valence-corrected chi connectivity index (χ0v) is 14.4. The molecule has 1 amide bonds. The van der Waals surface area contributed by atoms with Crippen molar-refractivity contribution in [1.29, 1.82) is 0 Å². The van der Waals surface area contributed by atoms with Gasteiger partial charge in [-0.15, -0.1) is 6.42 Å². The van der Waals surface area contributed by atoms with Crippen molar-refractivity contribution in [3.8, 4) is 12.3 Å². The number of fused-ring (bicyclic) bond motifs is 1. The van der Waals surface area contributed by atoms with Crippen molar-refractivity contribution in [2.75, 3.05) is 11.9 Å². The summed E-state index contributed by atoms with van der Waals surface area (Å²) in [6, 6.07) is 8.29. The van der Waals surface area contributed by atoms with Crippen molar-refractivity contribution in [2.45, 2.75) is 32.4 Å². The second-order valence-corrected chi connectivity index (χ2v) is 6.42. The van der Waals surface area contributed by atoms with Crippen molar-refractivity contribution < 1.29 is 15.7 Å². The number of carbonyl (C=O) groups is 2. The van der Waals surface area contributed by atoms with Crippen LogP contribution in [-0.4, -0.2) is 35.6 Å². The molecule has 130 valence electrons. The van der Waals surface area contributed by atoms with Crippen LogP contribution in [0.25, 0.3) is 10.8 Å². The molecule has 2 N–H and O–H groups in total. The molecule has 25 heavy (non-hydrogen) atoms. The Kier molecular flexibility index (Phi) is 5.14. The second kappa shape index (κ2) is 7.67. The van der Waals surface area contributed by atoms with Gasteiger partial charge >= 0.3 is 6.09 Å². The molecule has 1 aromatic heterocycles. The molecular weight excluding hydrogens is 318 g/mol. The van der Waals surface area contributed by atoms with Crippen molar-refractivity contribution in [3.05, 3.63) is 36.0 Å². The van der Waals surface area contributed by atoms with E-state index in [2.05, 4.69) is 16.2 Å². The molecule has 0 spiro atoms. The Bertz CT molecular complexity index is 855. The van der Waals surface area contributed by atoms with Crippen LogP contribution in [0.15, 0.2) is 30.3 Å². The van der Waals surface area contributed by atoms with Gasteiger partial charge in [-0.2, -0.15) is 0 Å². The normalized spacial score (nSPS) is 12.6. The van der Waals surface area contributed by atoms with Gasteiger partial charge < -0.3 is 20.2 Å². The summed E-state index contributed by atoms with van der Waals surface area (Å²) < 4.78 is 12.9. The summed E-state index contributed by atoms with van der Waals surface area (Å²) in [4.78, 5) is 27.6. The van der Waals surface area contributed by atoms with Crippen molar-refractivity contribution in [2.24, 2.45) is 0 Å². The highest BCUT2D eigenvalue weighted by Crippen LogP contribution is 2.20. The quantitative estimate of drug-likeness (QED) is 0.646. The maximum Gasteiger partial charge on any atom is 0.408 e. The van der Waals surface area contributed by atoms with E-state index in [0.29, 0.717) is 23.1 Å². The minimum atomic E-state index is -1.03. The van der Waals surface area contributed by atoms with Gasteiger partial charge in [0.2, 0.25) is 0 Å². The Morgan fingerprint density at radius 3 is 2.84 bits per heavy atom. The van der Waals surface area contributed by atoms with E-state index in [9.17, 15) is 9.59 Å². The number of hydrogen-bond donors (Lipinski definition) is 2. The number of hydrogen-bond acceptors (Lipinski definition) is 5. The van der Waals surface area contributed by atoms with E-state index in [1.54, 1.807) is 26.8 Å². The van der Waals surface area contributed by atoms with Gasteiger partial charge in [0.15, 0.2) is 1.41 Å². The number of amides is 1. The number of carbonyl (C=O) groups excluding carboxylic acids is 2. The Labute approximate surface area is 148 Å². The van der Waals surface area contributed by atoms with E-state index < -0.39 is 17.7 Å². The first-order valence-electron chi connectivity index (χ1n) is 8.26. The largest absolute Gasteiger partial charge is 0.444 e. The Balaban J connectivity index is 2.13. The SMILES string of the molecule is [2H]N(C(=O)OC(C)(C)C)C(C=O)CNc1cc2ccccc2c(C#C)n1. The average Bonchev–Trinajstić information content (AvgIpc) is 2.59. The summed E-state index contributed by atoms with van der Waals surface area (Å²) >= 11 is 0. The number of benzene rings is 1. The number of pyridine rings is 1. The van der Waals surface area contributed by atoms with Crippen LogP contribution in [0, 0.1) is 12.3 Å². The maximum absolute atomic E-state index is 11.9. The van der Waals surface area contributed by atoms with Gasteiger partial charge in [-0.3, -0.25) is 0 Å². The number of alkyl carbamates (subject to hydrolysis) is 1. The van der Waals surface area contributed by atoms with Gasteiger partial charge in [0.25, 0.3) is 0 Å². The van der Waals surface area contributed by atoms with Gasteiger partial charge in [0.1, 0.15) is 29.4 Å². The first-order chi connectivity index (χ1) is 12.2. The van der Waals surface area contributed by atoms with Crippen LogP contribution in [0.3, 0.4) is 0 Å². The van der Waals surface area contributed by atoms with Gasteiger partial charge in [-0.1, -0.05) is 24.3 Å². The summed E-state index contributed by atoms with van der Waals surface area (Å²) in [5, 5.41) is 5.21. The van der Waals surface area contributed by atoms with Crippen molar-refractivity contribution >= 4 is 29.0 Å². The van der Waals surface area contributed by atoms with Crippen LogP contribution in [0.1, 0.15) is 26.5 Å². The third kappa shape index (κ3) is 5.21. The highest BCUT2D eigenvalue weighted by atomic mass is 16.6. The number of nitrogens with zero attached hydrogens (tertiary/aromatic N) is 1. The van der Waals surface area contributed by atoms with E-state index in [-0.39, 0.29) is 6.54 Å². The number of ether oxygens (including phenoxy) is 1. The lowest BCUT2D eigenvalue weighted by Crippen LogP contribution is -2.43. The smallest absolute Gasteiger partial charge is 0.408 e. The molecule has 2 rings (SSSR count). The molecule has 0 aliphatic carbocycles. The molecule has 0 radical (unpaired) electrons. The number of anilines is 1. The fourth-order valence-electron chi connectivity index (χ4n) is 2.16. The molecule has 6 heteroatoms. The molecule has 0 aliphatic heterocycles. The van der Waals surface area contributed by atoms with Crippen LogP contribution in [0.4, 0.5) is 10.6 Å². The fourth-order valence-corrected chi connectivity index (χ4v) is 2.16. The van der Waals surface area contributed by atoms with Gasteiger partial charge in [0, 0.05) is 11.9 Å². The molecule has 0 bridgehead atoms. The van der Waals surface area contributed by atoms with Crippen LogP contribution < -0.4 is 10.6 Å². The summed E-state index contributed by atoms with van der Waals surface area (Å²) in [5.41, 5.74) is -0.276. The number of rotatable bonds is 5. The van der Waals surface area contributed by atoms with Gasteiger partial charge in [-0.25, -0.2) is 9.78 Å². The van der Waals surface area contributed by atoms with E-state index in [4.69, 9.17) is 12.6 Å². The molecule has 1 heterocycles. The lowest BCUT2D eigenvalue weighted by Gasteiger charge is -2.21. The standard InChI is InChI=1S/C19H21N3O3/c1-5-16-15-9-7-6-8-13(15)10-17(22-16)20-11-14(12-23)21-18(24)25-19(2,3)4/h1,6-10,12,14H,11H2,2-4H3,(H,20,22)(H,21,24)/i/hD. The van der Waals surface area contributed by atoms with Crippen molar-refractivity contribution in [1.82, 2.24) is 10.3 Å². The Hall–Kier alpha value is -3.07. The maximum atomic E-state index is 11.9. The lowest BCUT2D eigenvalue weighted by molar-refractivity contribution is -0.109. The molecular formula is C19H21N3O3. The van der Waals surface area contributed by atoms with Crippen LogP contribution in [0.5, 0.6) is 0 Å². The van der Waals surface area contributed by atoms with E-state index >= 15 is 0 Å². The number of aldehydes is 1. The highest BCUT2D eigenvalue weighted by Gasteiger charge is 2.19. The zero-order valence-electron chi connectivity index (χ0n) is 15.4. The molecule has 1 unspecified atom stereocenters. The molecule has 0 saturated carbocycles. The second-order valence-electron chi connectivity index (χ2n) is 6.42. The van der Waals surface area contributed by atoms with E-state index in [1.165, 1.54) is 0 Å². The fraction of sp³-hybridized carbons (Fsp3) is 0.316. The van der Waals surface area contributed by atoms with E-state index in [0.717, 1.165) is 10.8 Å². The molecule has 0 fully saturated rings. The van der Waals surface area contributed by atoms with Crippen LogP contribution >= 0.6 is 0 Å². The van der Waals surface area contributed by atoms with Crippen LogP contribution in [-0.2, 0) is 9.53 Å². The summed E-state index contributed by atoms with van der Waals surface area (Å²) in [5.74, 6) is 3.00.